The predicted molar refractivity (Wildman–Crippen MR) is 85.2 cm³/mol. The zero-order valence-electron chi connectivity index (χ0n) is 11.7. The minimum Gasteiger partial charge on any atom is -0.489 e. The molecule has 0 aliphatic rings. The molecule has 0 aromatic heterocycles. The summed E-state index contributed by atoms with van der Waals surface area (Å²) in [5, 5.41) is 13.6. The quantitative estimate of drug-likeness (QED) is 0.660. The number of benzene rings is 1. The first kappa shape index (κ1) is 18.5. The minimum absolute atomic E-state index is 0.0838. The van der Waals surface area contributed by atoms with E-state index in [1.54, 1.807) is 18.2 Å². The molecule has 0 fully saturated rings. The average Bonchev–Trinajstić information content (AvgIpc) is 2.36. The molecular weight excluding hydrogens is 337 g/mol. The Hall–Kier alpha value is -0.530. The number of hydrogen-bond acceptors (Lipinski definition) is 5. The van der Waals surface area contributed by atoms with Crippen LogP contribution in [0.1, 0.15) is 6.42 Å². The molecule has 8 heteroatoms. The van der Waals surface area contributed by atoms with Crippen molar-refractivity contribution in [2.45, 2.75) is 12.5 Å². The van der Waals surface area contributed by atoms with Gasteiger partial charge in [-0.15, -0.1) is 0 Å². The summed E-state index contributed by atoms with van der Waals surface area (Å²) in [4.78, 5) is 0. The third kappa shape index (κ3) is 8.48. The van der Waals surface area contributed by atoms with E-state index in [2.05, 4.69) is 5.32 Å². The molecule has 0 saturated heterocycles. The first-order chi connectivity index (χ1) is 9.78. The molecule has 0 amide bonds. The van der Waals surface area contributed by atoms with Crippen LogP contribution in [0.15, 0.2) is 18.2 Å². The fourth-order valence-corrected chi connectivity index (χ4v) is 2.70. The molecule has 0 aliphatic heterocycles. The molecule has 0 spiro atoms. The lowest BCUT2D eigenvalue weighted by Gasteiger charge is -2.14. The number of aliphatic hydroxyl groups excluding tert-OH is 1. The van der Waals surface area contributed by atoms with Crippen LogP contribution in [0, 0.1) is 0 Å². The monoisotopic (exact) mass is 355 g/mol. The van der Waals surface area contributed by atoms with E-state index >= 15 is 0 Å². The van der Waals surface area contributed by atoms with E-state index in [9.17, 15) is 13.5 Å². The van der Waals surface area contributed by atoms with Crippen molar-refractivity contribution >= 4 is 33.0 Å². The largest absolute Gasteiger partial charge is 0.489 e. The zero-order chi connectivity index (χ0) is 15.9. The van der Waals surface area contributed by atoms with Gasteiger partial charge in [-0.3, -0.25) is 0 Å². The Morgan fingerprint density at radius 2 is 2.10 bits per heavy atom. The first-order valence-electron chi connectivity index (χ1n) is 6.42. The number of ether oxygens (including phenoxy) is 1. The van der Waals surface area contributed by atoms with Crippen LogP contribution < -0.4 is 10.1 Å². The van der Waals surface area contributed by atoms with E-state index in [0.717, 1.165) is 0 Å². The number of rotatable bonds is 9. The van der Waals surface area contributed by atoms with Gasteiger partial charge in [-0.05, 0) is 31.2 Å². The van der Waals surface area contributed by atoms with Crippen LogP contribution in [0.5, 0.6) is 5.75 Å². The third-order valence-corrected chi connectivity index (χ3v) is 4.13. The Morgan fingerprint density at radius 3 is 2.71 bits per heavy atom. The molecule has 0 radical (unpaired) electrons. The summed E-state index contributed by atoms with van der Waals surface area (Å²) in [6.07, 6.45) is 0.996. The van der Waals surface area contributed by atoms with Gasteiger partial charge in [-0.25, -0.2) is 8.42 Å². The molecule has 1 unspecified atom stereocenters. The molecule has 1 atom stereocenters. The van der Waals surface area contributed by atoms with Crippen molar-refractivity contribution in [2.24, 2.45) is 0 Å². The number of nitrogens with one attached hydrogen (secondary N) is 1. The van der Waals surface area contributed by atoms with Gasteiger partial charge in [0.15, 0.2) is 0 Å². The lowest BCUT2D eigenvalue weighted by molar-refractivity contribution is 0.106. The highest BCUT2D eigenvalue weighted by Gasteiger charge is 2.08. The topological polar surface area (TPSA) is 75.6 Å². The van der Waals surface area contributed by atoms with E-state index in [-0.39, 0.29) is 12.4 Å². The fourth-order valence-electron chi connectivity index (χ4n) is 1.57. The molecule has 0 heterocycles. The van der Waals surface area contributed by atoms with E-state index < -0.39 is 15.9 Å². The highest BCUT2D eigenvalue weighted by atomic mass is 35.5. The van der Waals surface area contributed by atoms with Gasteiger partial charge < -0.3 is 15.2 Å². The van der Waals surface area contributed by atoms with Gasteiger partial charge in [-0.1, -0.05) is 23.2 Å². The molecule has 1 aromatic rings. The van der Waals surface area contributed by atoms with Gasteiger partial charge in [0.25, 0.3) is 0 Å². The Bertz CT molecular complexity index is 551. The summed E-state index contributed by atoms with van der Waals surface area (Å²) >= 11 is 11.7. The first-order valence-corrected chi connectivity index (χ1v) is 9.24. The number of sulfone groups is 1. The van der Waals surface area contributed by atoms with E-state index in [4.69, 9.17) is 27.9 Å². The third-order valence-electron chi connectivity index (χ3n) is 2.57. The van der Waals surface area contributed by atoms with Gasteiger partial charge in [0.2, 0.25) is 0 Å². The molecule has 2 N–H and O–H groups in total. The number of halogens is 2. The Morgan fingerprint density at radius 1 is 1.38 bits per heavy atom. The summed E-state index contributed by atoms with van der Waals surface area (Å²) < 4.78 is 27.2. The van der Waals surface area contributed by atoms with Gasteiger partial charge in [0.1, 0.15) is 28.3 Å². The fraction of sp³-hybridized carbons (Fsp3) is 0.538. The highest BCUT2D eigenvalue weighted by molar-refractivity contribution is 7.90. The van der Waals surface area contributed by atoms with Crippen LogP contribution in [-0.2, 0) is 9.84 Å². The van der Waals surface area contributed by atoms with Crippen LogP contribution in [-0.4, -0.2) is 51.3 Å². The summed E-state index contributed by atoms with van der Waals surface area (Å²) in [7, 11) is -2.93. The van der Waals surface area contributed by atoms with Crippen molar-refractivity contribution in [1.29, 1.82) is 0 Å². The molecule has 1 aromatic carbocycles. The second-order valence-corrected chi connectivity index (χ2v) is 7.83. The zero-order valence-corrected chi connectivity index (χ0v) is 14.0. The van der Waals surface area contributed by atoms with Gasteiger partial charge in [0.05, 0.1) is 10.8 Å². The molecule has 1 rings (SSSR count). The van der Waals surface area contributed by atoms with Gasteiger partial charge in [0, 0.05) is 17.8 Å². The van der Waals surface area contributed by atoms with Crippen LogP contribution in [0.4, 0.5) is 0 Å². The molecule has 120 valence electrons. The van der Waals surface area contributed by atoms with Crippen LogP contribution in [0.3, 0.4) is 0 Å². The maximum atomic E-state index is 10.9. The Labute approximate surface area is 135 Å². The SMILES string of the molecule is CS(=O)(=O)CCCNCC(O)COc1ccc(Cl)cc1Cl. The molecule has 0 aliphatic carbocycles. The van der Waals surface area contributed by atoms with E-state index in [1.165, 1.54) is 6.26 Å². The highest BCUT2D eigenvalue weighted by Crippen LogP contribution is 2.27. The summed E-state index contributed by atoms with van der Waals surface area (Å²) in [6, 6.07) is 4.85. The van der Waals surface area contributed by atoms with Gasteiger partial charge >= 0.3 is 0 Å². The molecule has 0 saturated carbocycles. The lowest BCUT2D eigenvalue weighted by Crippen LogP contribution is -2.32. The van der Waals surface area contributed by atoms with Crippen molar-refractivity contribution in [3.05, 3.63) is 28.2 Å². The van der Waals surface area contributed by atoms with Crippen LogP contribution in [0.25, 0.3) is 0 Å². The van der Waals surface area contributed by atoms with Crippen LogP contribution >= 0.6 is 23.2 Å². The minimum atomic E-state index is -2.93. The lowest BCUT2D eigenvalue weighted by atomic mass is 10.3. The van der Waals surface area contributed by atoms with Crippen molar-refractivity contribution in [1.82, 2.24) is 5.32 Å². The molecule has 0 bridgehead atoms. The molecule has 21 heavy (non-hydrogen) atoms. The summed E-state index contributed by atoms with van der Waals surface area (Å²) in [5.74, 6) is 0.588. The number of aliphatic hydroxyl groups is 1. The smallest absolute Gasteiger partial charge is 0.147 e. The van der Waals surface area contributed by atoms with Crippen molar-refractivity contribution in [2.75, 3.05) is 31.7 Å². The summed E-state index contributed by atoms with van der Waals surface area (Å²) in [6.45, 7) is 0.918. The Balaban J connectivity index is 2.20. The second kappa shape index (κ2) is 8.80. The molecule has 5 nitrogen and oxygen atoms in total. The average molecular weight is 356 g/mol. The Kier molecular flexibility index (Phi) is 7.76. The van der Waals surface area contributed by atoms with E-state index in [1.807, 2.05) is 0 Å². The normalized spacial score (nSPS) is 13.1. The van der Waals surface area contributed by atoms with E-state index in [0.29, 0.717) is 35.3 Å². The number of hydrogen-bond donors (Lipinski definition) is 2. The maximum absolute atomic E-state index is 10.9. The molecular formula is C13H19Cl2NO4S. The van der Waals surface area contributed by atoms with Gasteiger partial charge in [-0.2, -0.15) is 0 Å². The predicted octanol–water partition coefficient (Wildman–Crippen LogP) is 1.76. The summed E-state index contributed by atoms with van der Waals surface area (Å²) in [5.41, 5.74) is 0. The second-order valence-electron chi connectivity index (χ2n) is 4.73. The van der Waals surface area contributed by atoms with Crippen LogP contribution in [0.2, 0.25) is 10.0 Å². The van der Waals surface area contributed by atoms with Crippen molar-refractivity contribution in [3.63, 3.8) is 0 Å². The van der Waals surface area contributed by atoms with Crippen molar-refractivity contribution < 1.29 is 18.3 Å². The van der Waals surface area contributed by atoms with Crippen molar-refractivity contribution in [3.8, 4) is 5.75 Å². The maximum Gasteiger partial charge on any atom is 0.147 e. The standard InChI is InChI=1S/C13H19Cl2NO4S/c1-21(18,19)6-2-5-16-8-11(17)9-20-13-4-3-10(14)7-12(13)15/h3-4,7,11,16-17H,2,5-6,8-9H2,1H3.